The number of rotatable bonds is 34. The van der Waals surface area contributed by atoms with Gasteiger partial charge in [-0.15, -0.1) is 0 Å². The molecule has 9 aromatic carbocycles. The number of ether oxygens (including phenoxy) is 7. The Morgan fingerprint density at radius 2 is 0.507 bits per heavy atom. The second-order valence-electron chi connectivity index (χ2n) is 46.6. The fraction of sp³-hybridized carbons (Fsp3) is 0.593. The van der Waals surface area contributed by atoms with Crippen molar-refractivity contribution in [2.45, 2.75) is 425 Å². The number of aromatic hydroxyl groups is 3. The molecular formula is C135H196O11. The largest absolute Gasteiger partial charge is 0.508 e. The highest BCUT2D eigenvalue weighted by Gasteiger charge is 2.57. The molecule has 0 radical (unpaired) electrons. The number of phenols is 3. The predicted octanol–water partition coefficient (Wildman–Crippen LogP) is 37.8. The van der Waals surface area contributed by atoms with Gasteiger partial charge in [0.05, 0.1) is 18.3 Å². The Morgan fingerprint density at radius 1 is 0.267 bits per heavy atom. The lowest BCUT2D eigenvalue weighted by atomic mass is 9.55. The summed E-state index contributed by atoms with van der Waals surface area (Å²) >= 11 is 0. The van der Waals surface area contributed by atoms with E-state index < -0.39 is 0 Å². The van der Waals surface area contributed by atoms with E-state index in [0.717, 1.165) is 114 Å². The fourth-order valence-corrected chi connectivity index (χ4v) is 24.1. The van der Waals surface area contributed by atoms with Crippen molar-refractivity contribution in [2.24, 2.45) is 88.8 Å². The first-order valence-corrected chi connectivity index (χ1v) is 58.1. The van der Waals surface area contributed by atoms with E-state index in [-0.39, 0.29) is 24.8 Å². The van der Waals surface area contributed by atoms with Gasteiger partial charge >= 0.3 is 5.97 Å². The summed E-state index contributed by atoms with van der Waals surface area (Å²) in [4.78, 5) is 10.7. The van der Waals surface area contributed by atoms with Crippen LogP contribution in [-0.2, 0) is 19.0 Å². The summed E-state index contributed by atoms with van der Waals surface area (Å²) in [7, 11) is 0. The van der Waals surface area contributed by atoms with E-state index in [2.05, 4.69) is 300 Å². The van der Waals surface area contributed by atoms with Crippen molar-refractivity contribution in [3.8, 4) is 40.2 Å². The lowest BCUT2D eigenvalue weighted by Gasteiger charge is -2.54. The highest BCUT2D eigenvalue weighted by atomic mass is 16.7. The predicted molar refractivity (Wildman–Crippen MR) is 611 cm³/mol. The van der Waals surface area contributed by atoms with Gasteiger partial charge in [0, 0.05) is 24.7 Å². The van der Waals surface area contributed by atoms with Gasteiger partial charge in [0.1, 0.15) is 40.2 Å². The van der Waals surface area contributed by atoms with Gasteiger partial charge < -0.3 is 48.5 Å². The van der Waals surface area contributed by atoms with E-state index >= 15 is 0 Å². The zero-order chi connectivity index (χ0) is 106. The molecule has 11 heteroatoms. The summed E-state index contributed by atoms with van der Waals surface area (Å²) in [5, 5.41) is 27.0. The van der Waals surface area contributed by atoms with Crippen LogP contribution in [0.1, 0.15) is 436 Å². The van der Waals surface area contributed by atoms with E-state index in [0.29, 0.717) is 112 Å². The molecule has 0 spiro atoms. The minimum absolute atomic E-state index is 0.131. The third kappa shape index (κ3) is 35.7. The van der Waals surface area contributed by atoms with Crippen molar-refractivity contribution < 1.29 is 53.3 Å². The van der Waals surface area contributed by atoms with Crippen molar-refractivity contribution in [1.29, 1.82) is 0 Å². The summed E-state index contributed by atoms with van der Waals surface area (Å²) in [5.74, 6) is 21.8. The Bertz CT molecular complexity index is 4730. The van der Waals surface area contributed by atoms with Crippen LogP contribution in [0.15, 0.2) is 224 Å². The van der Waals surface area contributed by atoms with Crippen LogP contribution in [-0.4, -0.2) is 58.5 Å². The van der Waals surface area contributed by atoms with Gasteiger partial charge in [0.15, 0.2) is 0 Å². The van der Waals surface area contributed by atoms with Crippen LogP contribution in [0.5, 0.6) is 40.2 Å². The van der Waals surface area contributed by atoms with Crippen LogP contribution in [0.4, 0.5) is 0 Å². The smallest absolute Gasteiger partial charge is 0.308 e. The topological polar surface area (TPSA) is 142 Å². The molecule has 22 unspecified atom stereocenters. The van der Waals surface area contributed by atoms with Crippen molar-refractivity contribution >= 4 is 5.97 Å². The molecule has 0 heterocycles. The van der Waals surface area contributed by atoms with Crippen molar-refractivity contribution in [3.05, 3.63) is 280 Å². The molecule has 3 N–H and O–H groups in total. The highest BCUT2D eigenvalue weighted by Crippen LogP contribution is 2.62. The van der Waals surface area contributed by atoms with E-state index in [9.17, 15) is 4.79 Å². The van der Waals surface area contributed by atoms with Crippen LogP contribution in [0.2, 0.25) is 0 Å². The molecule has 0 aliphatic heterocycles. The van der Waals surface area contributed by atoms with Gasteiger partial charge in [0.25, 0.3) is 0 Å². The maximum Gasteiger partial charge on any atom is 0.308 e. The number of hydrogen-bond donors (Lipinski definition) is 3. The first kappa shape index (κ1) is 119. The molecule has 9 aromatic rings. The van der Waals surface area contributed by atoms with Crippen molar-refractivity contribution in [3.63, 3.8) is 0 Å². The first-order valence-electron chi connectivity index (χ1n) is 58.1. The normalized spacial score (nSPS) is 24.6. The molecule has 10 fully saturated rings. The maximum absolute atomic E-state index is 10.7. The molecule has 10 aliphatic carbocycles. The Balaban J connectivity index is 0.000000173. The molecular weight excluding hydrogens is 1800 g/mol. The summed E-state index contributed by atoms with van der Waals surface area (Å²) in [6.45, 7) is 56.7. The number of esters is 1. The molecule has 0 amide bonds. The molecule has 10 aliphatic rings. The number of aryl methyl sites for hydroxylation is 1. The highest BCUT2D eigenvalue weighted by molar-refractivity contribution is 5.69. The quantitative estimate of drug-likeness (QED) is 0.0202. The van der Waals surface area contributed by atoms with Gasteiger partial charge in [-0.3, -0.25) is 4.79 Å². The Kier molecular flexibility index (Phi) is 49.1. The number of hydrogen-bond acceptors (Lipinski definition) is 11. The number of benzene rings is 9. The summed E-state index contributed by atoms with van der Waals surface area (Å²) in [6.07, 6.45) is 32.6. The SMILES string of the molecule is CCC(C)c1ccc(C)cc1.CCC(C)c1ccc(O)cc1.CCC(C)c1ccc(O)cc1.CCC(C)c1ccc(O)cc1.CCC(C)c1ccc(OC(C)=O)cc1.CCC(C)c1ccc(OC(OC2C3CC4CC(C3)CC2C4)C(C)C)cc1.CCC(C)c1ccc(OC(OC2CC3CC2C2CCCC32)C(C)C)cc1.CCC(C)c1ccc(OC(OC2CC3CC2C2CCCC32)C(C)C)cc1.CCC(C)c1ccccc1. The van der Waals surface area contributed by atoms with Crippen LogP contribution < -0.4 is 18.9 Å². The number of fused-ring (bicyclic) bond motifs is 10. The third-order valence-corrected chi connectivity index (χ3v) is 35.1. The number of carbonyl (C=O) groups excluding carboxylic acids is 1. The van der Waals surface area contributed by atoms with Crippen LogP contribution in [0.25, 0.3) is 0 Å². The lowest BCUT2D eigenvalue weighted by Crippen LogP contribution is -2.51. The van der Waals surface area contributed by atoms with Crippen molar-refractivity contribution in [2.75, 3.05) is 0 Å². The van der Waals surface area contributed by atoms with Gasteiger partial charge in [-0.05, 0) is 407 Å². The summed E-state index contributed by atoms with van der Waals surface area (Å²) in [6, 6.07) is 75.4. The van der Waals surface area contributed by atoms with Crippen molar-refractivity contribution in [1.82, 2.24) is 0 Å². The molecule has 22 atom stereocenters. The number of carbonyl (C=O) groups is 1. The molecule has 0 aromatic heterocycles. The Morgan fingerprint density at radius 3 is 0.767 bits per heavy atom. The number of phenolic OH excluding ortho intramolecular Hbond substituents is 3. The molecule has 10 saturated carbocycles. The summed E-state index contributed by atoms with van der Waals surface area (Å²) < 4.78 is 43.7. The van der Waals surface area contributed by atoms with E-state index in [1.807, 2.05) is 60.7 Å². The Labute approximate surface area is 887 Å². The van der Waals surface area contributed by atoms with Gasteiger partial charge in [-0.25, -0.2) is 0 Å². The maximum atomic E-state index is 10.7. The second-order valence-corrected chi connectivity index (χ2v) is 46.6. The van der Waals surface area contributed by atoms with Gasteiger partial charge in [0.2, 0.25) is 18.9 Å². The van der Waals surface area contributed by atoms with E-state index in [1.165, 1.54) is 191 Å². The molecule has 0 saturated heterocycles. The molecule has 19 rings (SSSR count). The van der Waals surface area contributed by atoms with E-state index in [4.69, 9.17) is 48.5 Å². The van der Waals surface area contributed by atoms with Crippen LogP contribution in [0, 0.1) is 95.7 Å². The second kappa shape index (κ2) is 60.2. The van der Waals surface area contributed by atoms with Gasteiger partial charge in [-0.2, -0.15) is 0 Å². The first-order chi connectivity index (χ1) is 70.1. The van der Waals surface area contributed by atoms with Gasteiger partial charge in [-0.1, -0.05) is 324 Å². The van der Waals surface area contributed by atoms with Crippen LogP contribution >= 0.6 is 0 Å². The minimum Gasteiger partial charge on any atom is -0.508 e. The molecule has 802 valence electrons. The molecule has 146 heavy (non-hydrogen) atoms. The monoisotopic (exact) mass is 1990 g/mol. The standard InChI is InChI=1S/3C24H36O2.C12H16O2.C11H16.3C10H14O.C10H14/c1-5-16(4)19-6-8-22(9-7-19)25-24(15(2)3)26-23-20-11-17-10-18(13-20)14-21(23)12-17;2*1-5-16(4)17-9-11-19(12-10-17)25-24(15(2)3)26-23-14-18-13-22(23)21-8-6-7-20(18)21;1-4-9(2)11-5-7-12(8-6-11)14-10(3)13;1-4-10(3)11-7-5-9(2)6-8-11;3*1-3-8(2)9-4-6-10(11)7-5-9;1-3-9(2)10-7-5-4-6-8-10/h6-9,15-18,20-21,23-24H,5,10-14H2,1-4H3;2*9-12,15-16,18,20-24H,5-8,13-14H2,1-4H3;5-9H,4H2,1-3H3;5-8,10H,4H2,1-3H3;3*4-8,11H,3H2,1-2H3;4-9H,3H2,1-2H3. The lowest BCUT2D eigenvalue weighted by molar-refractivity contribution is -0.210. The van der Waals surface area contributed by atoms with Crippen LogP contribution in [0.3, 0.4) is 0 Å². The third-order valence-electron chi connectivity index (χ3n) is 35.1. The average molecular weight is 2000 g/mol. The zero-order valence-electron chi connectivity index (χ0n) is 95.3. The minimum atomic E-state index is -0.277. The fourth-order valence-electron chi connectivity index (χ4n) is 24.1. The zero-order valence-corrected chi connectivity index (χ0v) is 95.3. The molecule has 8 bridgehead atoms. The molecule has 11 nitrogen and oxygen atoms in total. The van der Waals surface area contributed by atoms with E-state index in [1.54, 1.807) is 36.4 Å². The average Bonchev–Trinajstić information content (AvgIpc) is 1.74. The summed E-state index contributed by atoms with van der Waals surface area (Å²) in [5.41, 5.74) is 13.6. The Hall–Kier alpha value is -8.87.